The highest BCUT2D eigenvalue weighted by atomic mass is 16.5. The van der Waals surface area contributed by atoms with Crippen LogP contribution < -0.4 is 5.56 Å². The van der Waals surface area contributed by atoms with Gasteiger partial charge in [-0.3, -0.25) is 4.79 Å². The number of rotatable bonds is 5. The molecule has 0 spiro atoms. The van der Waals surface area contributed by atoms with E-state index in [1.165, 1.54) is 10.9 Å². The summed E-state index contributed by atoms with van der Waals surface area (Å²) in [6, 6.07) is 12.4. The van der Waals surface area contributed by atoms with Gasteiger partial charge in [-0.2, -0.15) is 4.98 Å². The third-order valence-corrected chi connectivity index (χ3v) is 4.87. The van der Waals surface area contributed by atoms with E-state index in [-0.39, 0.29) is 5.56 Å². The first-order valence-electron chi connectivity index (χ1n) is 8.88. The summed E-state index contributed by atoms with van der Waals surface area (Å²) in [5, 5.41) is 5.21. The van der Waals surface area contributed by atoms with E-state index in [9.17, 15) is 4.79 Å². The zero-order chi connectivity index (χ0) is 17.5. The lowest BCUT2D eigenvalue weighted by molar-refractivity contribution is 0.379. The quantitative estimate of drug-likeness (QED) is 0.600. The summed E-state index contributed by atoms with van der Waals surface area (Å²) >= 11 is 0. The van der Waals surface area contributed by atoms with E-state index >= 15 is 0 Å². The van der Waals surface area contributed by atoms with Gasteiger partial charge in [-0.1, -0.05) is 11.2 Å². The molecule has 0 bridgehead atoms. The second-order valence-corrected chi connectivity index (χ2v) is 6.78. The fraction of sp³-hybridized carbons (Fsp3) is 0.250. The summed E-state index contributed by atoms with van der Waals surface area (Å²) in [5.41, 5.74) is 2.81. The zero-order valence-corrected chi connectivity index (χ0v) is 14.2. The predicted molar refractivity (Wildman–Crippen MR) is 98.0 cm³/mol. The molecule has 3 aromatic heterocycles. The fourth-order valence-corrected chi connectivity index (χ4v) is 3.30. The summed E-state index contributed by atoms with van der Waals surface area (Å²) in [6.07, 6.45) is 7.35. The summed E-state index contributed by atoms with van der Waals surface area (Å²) < 4.78 is 7.14. The number of nitrogens with zero attached hydrogens (tertiary/aromatic N) is 3. The number of nitrogens with one attached hydrogen (secondary N) is 1. The maximum absolute atomic E-state index is 12.6. The maximum Gasteiger partial charge on any atom is 0.262 e. The highest BCUT2D eigenvalue weighted by Crippen LogP contribution is 2.33. The fourth-order valence-electron chi connectivity index (χ4n) is 3.30. The van der Waals surface area contributed by atoms with Crippen LogP contribution in [0.25, 0.3) is 22.3 Å². The first kappa shape index (κ1) is 15.1. The number of benzene rings is 1. The predicted octanol–water partition coefficient (Wildman–Crippen LogP) is 3.50. The lowest BCUT2D eigenvalue weighted by Crippen LogP contribution is -2.20. The second kappa shape index (κ2) is 5.98. The van der Waals surface area contributed by atoms with Gasteiger partial charge >= 0.3 is 0 Å². The molecule has 0 saturated heterocycles. The molecule has 26 heavy (non-hydrogen) atoms. The van der Waals surface area contributed by atoms with E-state index in [0.29, 0.717) is 29.7 Å². The number of hydrogen-bond donors (Lipinski definition) is 1. The van der Waals surface area contributed by atoms with E-state index in [1.54, 1.807) is 10.6 Å². The van der Waals surface area contributed by atoms with Crippen LogP contribution in [0.5, 0.6) is 0 Å². The number of aryl methyl sites for hydroxylation is 2. The molecule has 0 radical (unpaired) electrons. The van der Waals surface area contributed by atoms with E-state index in [4.69, 9.17) is 4.52 Å². The van der Waals surface area contributed by atoms with Crippen LogP contribution in [0.4, 0.5) is 0 Å². The van der Waals surface area contributed by atoms with Crippen molar-refractivity contribution in [3.8, 4) is 11.4 Å². The van der Waals surface area contributed by atoms with Crippen LogP contribution in [-0.4, -0.2) is 19.7 Å². The highest BCUT2D eigenvalue weighted by molar-refractivity contribution is 5.79. The van der Waals surface area contributed by atoms with Crippen LogP contribution in [0, 0.1) is 0 Å². The zero-order valence-electron chi connectivity index (χ0n) is 14.2. The molecular formula is C20H18N4O2. The minimum absolute atomic E-state index is 0.0414. The third-order valence-electron chi connectivity index (χ3n) is 4.87. The SMILES string of the molecule is O=c1c(-c2noc(CCc3ccc4[nH]ccc4c3)n2)cccn1C1CC1. The van der Waals surface area contributed by atoms with Crippen molar-refractivity contribution in [1.29, 1.82) is 0 Å². The number of aromatic nitrogens is 4. The molecule has 130 valence electrons. The Hall–Kier alpha value is -3.15. The standard InChI is InChI=1S/C20H18N4O2/c25-20-16(2-1-11-24(20)15-5-6-15)19-22-18(26-23-19)8-4-13-3-7-17-14(12-13)9-10-21-17/h1-3,7,9-12,15,21H,4-6,8H2. The second-order valence-electron chi connectivity index (χ2n) is 6.78. The molecule has 5 rings (SSSR count). The molecule has 1 N–H and O–H groups in total. The molecule has 0 unspecified atom stereocenters. The van der Waals surface area contributed by atoms with Crippen LogP contribution in [0.1, 0.15) is 30.3 Å². The van der Waals surface area contributed by atoms with Crippen molar-refractivity contribution in [2.45, 2.75) is 31.7 Å². The molecule has 0 atom stereocenters. The van der Waals surface area contributed by atoms with E-state index in [2.05, 4.69) is 39.4 Å². The normalized spacial score (nSPS) is 14.2. The molecule has 6 nitrogen and oxygen atoms in total. The topological polar surface area (TPSA) is 76.7 Å². The van der Waals surface area contributed by atoms with Gasteiger partial charge in [0.05, 0.1) is 5.56 Å². The third kappa shape index (κ3) is 2.73. The van der Waals surface area contributed by atoms with Crippen molar-refractivity contribution >= 4 is 10.9 Å². The van der Waals surface area contributed by atoms with Crippen LogP contribution in [0.3, 0.4) is 0 Å². The molecular weight excluding hydrogens is 328 g/mol. The van der Waals surface area contributed by atoms with Crippen LogP contribution in [0.15, 0.2) is 58.1 Å². The van der Waals surface area contributed by atoms with Gasteiger partial charge in [-0.05, 0) is 60.5 Å². The van der Waals surface area contributed by atoms with Gasteiger partial charge in [0.25, 0.3) is 5.56 Å². The molecule has 1 fully saturated rings. The Kier molecular flexibility index (Phi) is 3.48. The van der Waals surface area contributed by atoms with E-state index < -0.39 is 0 Å². The Morgan fingerprint density at radius 2 is 2.12 bits per heavy atom. The smallest absolute Gasteiger partial charge is 0.262 e. The van der Waals surface area contributed by atoms with Crippen molar-refractivity contribution in [3.05, 3.63) is 70.6 Å². The molecule has 1 saturated carbocycles. The first-order valence-corrected chi connectivity index (χ1v) is 8.88. The van der Waals surface area contributed by atoms with Gasteiger partial charge in [-0.15, -0.1) is 0 Å². The maximum atomic E-state index is 12.6. The average molecular weight is 346 g/mol. The Morgan fingerprint density at radius 1 is 1.19 bits per heavy atom. The molecule has 1 aliphatic carbocycles. The van der Waals surface area contributed by atoms with Crippen LogP contribution >= 0.6 is 0 Å². The molecule has 1 aliphatic rings. The van der Waals surface area contributed by atoms with E-state index in [1.807, 2.05) is 18.5 Å². The van der Waals surface area contributed by atoms with Gasteiger partial charge in [0.1, 0.15) is 0 Å². The summed E-state index contributed by atoms with van der Waals surface area (Å²) in [4.78, 5) is 20.2. The highest BCUT2D eigenvalue weighted by Gasteiger charge is 2.25. The minimum Gasteiger partial charge on any atom is -0.361 e. The van der Waals surface area contributed by atoms with Gasteiger partial charge in [0.2, 0.25) is 11.7 Å². The monoisotopic (exact) mass is 346 g/mol. The molecule has 3 heterocycles. The first-order chi connectivity index (χ1) is 12.8. The van der Waals surface area contributed by atoms with Crippen LogP contribution in [0.2, 0.25) is 0 Å². The summed E-state index contributed by atoms with van der Waals surface area (Å²) in [6.45, 7) is 0. The van der Waals surface area contributed by atoms with Crippen LogP contribution in [-0.2, 0) is 12.8 Å². The number of hydrogen-bond acceptors (Lipinski definition) is 4. The Balaban J connectivity index is 1.35. The molecule has 0 amide bonds. The lowest BCUT2D eigenvalue weighted by atomic mass is 10.1. The molecule has 4 aromatic rings. The number of pyridine rings is 1. The minimum atomic E-state index is -0.0414. The Morgan fingerprint density at radius 3 is 3.00 bits per heavy atom. The average Bonchev–Trinajstić information content (AvgIpc) is 3.20. The molecule has 1 aromatic carbocycles. The Bertz CT molecular complexity index is 1130. The van der Waals surface area contributed by atoms with Gasteiger partial charge in [-0.25, -0.2) is 0 Å². The lowest BCUT2D eigenvalue weighted by Gasteiger charge is -2.03. The van der Waals surface area contributed by atoms with E-state index in [0.717, 1.165) is 24.8 Å². The summed E-state index contributed by atoms with van der Waals surface area (Å²) in [5.74, 6) is 0.927. The van der Waals surface area contributed by atoms with Crippen molar-refractivity contribution in [2.75, 3.05) is 0 Å². The largest absolute Gasteiger partial charge is 0.361 e. The van der Waals surface area contributed by atoms with Gasteiger partial charge in [0.15, 0.2) is 0 Å². The van der Waals surface area contributed by atoms with Gasteiger partial charge in [0, 0.05) is 30.4 Å². The Labute approximate surface area is 149 Å². The van der Waals surface area contributed by atoms with Crippen molar-refractivity contribution in [2.24, 2.45) is 0 Å². The summed E-state index contributed by atoms with van der Waals surface area (Å²) in [7, 11) is 0. The number of fused-ring (bicyclic) bond motifs is 1. The number of H-pyrrole nitrogens is 1. The van der Waals surface area contributed by atoms with Crippen molar-refractivity contribution < 1.29 is 4.52 Å². The van der Waals surface area contributed by atoms with Crippen molar-refractivity contribution in [3.63, 3.8) is 0 Å². The molecule has 6 heteroatoms. The van der Waals surface area contributed by atoms with Gasteiger partial charge < -0.3 is 14.1 Å². The number of aromatic amines is 1. The van der Waals surface area contributed by atoms with Crippen molar-refractivity contribution in [1.82, 2.24) is 19.7 Å². The molecule has 0 aliphatic heterocycles.